The molecule has 2 aromatic carbocycles. The van der Waals surface area contributed by atoms with Crippen LogP contribution in [-0.2, 0) is 9.53 Å². The molecule has 0 spiro atoms. The molecule has 1 heterocycles. The second-order valence-electron chi connectivity index (χ2n) is 8.34. The van der Waals surface area contributed by atoms with Gasteiger partial charge in [0.1, 0.15) is 17.4 Å². The highest BCUT2D eigenvalue weighted by molar-refractivity contribution is 6.30. The Morgan fingerprint density at radius 1 is 1.12 bits per heavy atom. The summed E-state index contributed by atoms with van der Waals surface area (Å²) in [6.45, 7) is 6.71. The second-order valence-corrected chi connectivity index (χ2v) is 8.78. The number of Topliss-reactive ketones (excluding diaryl/α,β-unsaturated/α-hetero) is 1. The zero-order valence-corrected chi connectivity index (χ0v) is 19.4. The molecule has 7 nitrogen and oxygen atoms in total. The van der Waals surface area contributed by atoms with Crippen molar-refractivity contribution in [2.75, 3.05) is 7.05 Å². The van der Waals surface area contributed by atoms with Crippen LogP contribution < -0.4 is 15.4 Å². The fourth-order valence-corrected chi connectivity index (χ4v) is 3.76. The van der Waals surface area contributed by atoms with Crippen LogP contribution in [0.15, 0.2) is 42.5 Å². The predicted molar refractivity (Wildman–Crippen MR) is 121 cm³/mol. The summed E-state index contributed by atoms with van der Waals surface area (Å²) in [4.78, 5) is 37.7. The molecule has 2 N–H and O–H groups in total. The van der Waals surface area contributed by atoms with Crippen molar-refractivity contribution in [2.45, 2.75) is 51.5 Å². The van der Waals surface area contributed by atoms with Gasteiger partial charge in [-0.05, 0) is 71.1 Å². The summed E-state index contributed by atoms with van der Waals surface area (Å²) < 4.78 is 12.0. The van der Waals surface area contributed by atoms with Gasteiger partial charge in [0.2, 0.25) is 0 Å². The number of rotatable bonds is 6. The number of esters is 1. The number of hydrogen-bond donors (Lipinski definition) is 2. The molecular weight excluding hydrogens is 432 g/mol. The molecule has 0 aliphatic carbocycles. The maximum atomic E-state index is 13.1. The maximum Gasteiger partial charge on any atom is 0.323 e. The standard InChI is InChI=1S/C24H27ClN2O5/c1-13(26-5)23(30)31-21-20(27-22(29)16-7-6-8-17(25)11-16)18-12-15(14(2)28)9-10-19(18)32-24(21,3)4/h6-13,20-21,26H,1-5H3,(H,27,29)/t13-,20-,21+/m0/s1. The van der Waals surface area contributed by atoms with E-state index >= 15 is 0 Å². The van der Waals surface area contributed by atoms with E-state index in [-0.39, 0.29) is 5.78 Å². The van der Waals surface area contributed by atoms with Gasteiger partial charge in [0, 0.05) is 21.7 Å². The van der Waals surface area contributed by atoms with E-state index in [2.05, 4.69) is 10.6 Å². The Balaban J connectivity index is 2.06. The minimum atomic E-state index is -0.958. The molecule has 0 unspecified atom stereocenters. The molecule has 0 fully saturated rings. The average molecular weight is 459 g/mol. The molecule has 1 aliphatic heterocycles. The van der Waals surface area contributed by atoms with Gasteiger partial charge < -0.3 is 20.1 Å². The van der Waals surface area contributed by atoms with Gasteiger partial charge in [-0.1, -0.05) is 17.7 Å². The zero-order valence-electron chi connectivity index (χ0n) is 18.7. The molecule has 0 bridgehead atoms. The number of nitrogens with one attached hydrogen (secondary N) is 2. The van der Waals surface area contributed by atoms with E-state index in [0.29, 0.717) is 27.5 Å². The lowest BCUT2D eigenvalue weighted by atomic mass is 9.85. The first kappa shape index (κ1) is 23.8. The SMILES string of the molecule is CN[C@@H](C)C(=O)O[C@@H]1[C@@H](NC(=O)c2cccc(Cl)c2)c2cc(C(C)=O)ccc2OC1(C)C. The van der Waals surface area contributed by atoms with Gasteiger partial charge in [0.25, 0.3) is 5.91 Å². The quantitative estimate of drug-likeness (QED) is 0.506. The van der Waals surface area contributed by atoms with Gasteiger partial charge in [0.05, 0.1) is 6.04 Å². The third-order valence-corrected chi connectivity index (χ3v) is 5.75. The fourth-order valence-electron chi connectivity index (χ4n) is 3.57. The number of hydrogen-bond acceptors (Lipinski definition) is 6. The van der Waals surface area contributed by atoms with Crippen molar-refractivity contribution in [3.63, 3.8) is 0 Å². The first-order valence-corrected chi connectivity index (χ1v) is 10.7. The molecule has 1 aliphatic rings. The van der Waals surface area contributed by atoms with E-state index in [9.17, 15) is 14.4 Å². The third kappa shape index (κ3) is 4.95. The van der Waals surface area contributed by atoms with Crippen LogP contribution in [0.5, 0.6) is 5.75 Å². The summed E-state index contributed by atoms with van der Waals surface area (Å²) in [6.07, 6.45) is -0.858. The summed E-state index contributed by atoms with van der Waals surface area (Å²) in [5.41, 5.74) is 0.421. The van der Waals surface area contributed by atoms with E-state index < -0.39 is 35.7 Å². The van der Waals surface area contributed by atoms with Crippen LogP contribution in [0.4, 0.5) is 0 Å². The number of amides is 1. The van der Waals surface area contributed by atoms with Crippen molar-refractivity contribution < 1.29 is 23.9 Å². The number of fused-ring (bicyclic) bond motifs is 1. The number of ether oxygens (including phenoxy) is 2. The topological polar surface area (TPSA) is 93.7 Å². The number of benzene rings is 2. The summed E-state index contributed by atoms with van der Waals surface area (Å²) in [7, 11) is 1.65. The van der Waals surface area contributed by atoms with Crippen molar-refractivity contribution in [2.24, 2.45) is 0 Å². The van der Waals surface area contributed by atoms with Gasteiger partial charge in [-0.2, -0.15) is 0 Å². The Morgan fingerprint density at radius 3 is 2.47 bits per heavy atom. The van der Waals surface area contributed by atoms with Crippen molar-refractivity contribution in [1.82, 2.24) is 10.6 Å². The van der Waals surface area contributed by atoms with Gasteiger partial charge in [-0.3, -0.25) is 14.4 Å². The highest BCUT2D eigenvalue weighted by Crippen LogP contribution is 2.42. The smallest absolute Gasteiger partial charge is 0.323 e. The Hall–Kier alpha value is -2.90. The number of likely N-dealkylation sites (N-methyl/N-ethyl adjacent to an activating group) is 1. The van der Waals surface area contributed by atoms with E-state index in [0.717, 1.165) is 0 Å². The monoisotopic (exact) mass is 458 g/mol. The maximum absolute atomic E-state index is 13.1. The highest BCUT2D eigenvalue weighted by atomic mass is 35.5. The number of carbonyl (C=O) groups is 3. The Kier molecular flexibility index (Phi) is 6.91. The molecule has 0 aromatic heterocycles. The molecule has 8 heteroatoms. The van der Waals surface area contributed by atoms with Gasteiger partial charge in [0.15, 0.2) is 11.9 Å². The number of ketones is 1. The first-order valence-electron chi connectivity index (χ1n) is 10.3. The van der Waals surface area contributed by atoms with Gasteiger partial charge in [-0.15, -0.1) is 0 Å². The zero-order chi connectivity index (χ0) is 23.6. The van der Waals surface area contributed by atoms with E-state index in [1.165, 1.54) is 6.92 Å². The molecule has 3 rings (SSSR count). The van der Waals surface area contributed by atoms with Crippen molar-refractivity contribution in [3.8, 4) is 5.75 Å². The summed E-state index contributed by atoms with van der Waals surface area (Å²) in [6, 6.07) is 10.3. The number of carbonyl (C=O) groups excluding carboxylic acids is 3. The molecule has 3 atom stereocenters. The van der Waals surface area contributed by atoms with E-state index in [1.807, 2.05) is 0 Å². The molecule has 32 heavy (non-hydrogen) atoms. The molecule has 2 aromatic rings. The van der Waals surface area contributed by atoms with Crippen LogP contribution in [-0.4, -0.2) is 42.5 Å². The van der Waals surface area contributed by atoms with Crippen molar-refractivity contribution >= 4 is 29.3 Å². The lowest BCUT2D eigenvalue weighted by molar-refractivity contribution is -0.167. The van der Waals surface area contributed by atoms with Crippen molar-refractivity contribution in [3.05, 3.63) is 64.2 Å². The highest BCUT2D eigenvalue weighted by Gasteiger charge is 2.48. The summed E-state index contributed by atoms with van der Waals surface area (Å²) in [5, 5.41) is 6.24. The molecule has 0 saturated heterocycles. The van der Waals surface area contributed by atoms with Crippen LogP contribution in [0.3, 0.4) is 0 Å². The largest absolute Gasteiger partial charge is 0.484 e. The van der Waals surface area contributed by atoms with Gasteiger partial charge in [-0.25, -0.2) is 0 Å². The molecule has 0 saturated carbocycles. The molecule has 1 amide bonds. The van der Waals surface area contributed by atoms with Gasteiger partial charge >= 0.3 is 5.97 Å². The molecule has 0 radical (unpaired) electrons. The lowest BCUT2D eigenvalue weighted by Gasteiger charge is -2.44. The van der Waals surface area contributed by atoms with Crippen molar-refractivity contribution in [1.29, 1.82) is 0 Å². The second kappa shape index (κ2) is 9.30. The molecule has 170 valence electrons. The Labute approximate surface area is 192 Å². The van der Waals surface area contributed by atoms with Crippen LogP contribution in [0.2, 0.25) is 5.02 Å². The summed E-state index contributed by atoms with van der Waals surface area (Å²) >= 11 is 6.05. The van der Waals surface area contributed by atoms with E-state index in [1.54, 1.807) is 70.3 Å². The molecular formula is C24H27ClN2O5. The first-order chi connectivity index (χ1) is 15.0. The third-order valence-electron chi connectivity index (χ3n) is 5.52. The fraction of sp³-hybridized carbons (Fsp3) is 0.375. The van der Waals surface area contributed by atoms with Crippen LogP contribution >= 0.6 is 11.6 Å². The van der Waals surface area contributed by atoms with E-state index in [4.69, 9.17) is 21.1 Å². The normalized spacial score (nSPS) is 19.8. The summed E-state index contributed by atoms with van der Waals surface area (Å²) in [5.74, 6) is -0.500. The van der Waals surface area contributed by atoms with Crippen LogP contribution in [0, 0.1) is 0 Å². The average Bonchev–Trinajstić information content (AvgIpc) is 2.74. The van der Waals surface area contributed by atoms with Crippen LogP contribution in [0.25, 0.3) is 0 Å². The lowest BCUT2D eigenvalue weighted by Crippen LogP contribution is -2.56. The Bertz CT molecular complexity index is 1050. The predicted octanol–water partition coefficient (Wildman–Crippen LogP) is 3.70. The van der Waals surface area contributed by atoms with Crippen LogP contribution in [0.1, 0.15) is 60.0 Å². The Morgan fingerprint density at radius 2 is 1.84 bits per heavy atom. The number of halogens is 1. The minimum Gasteiger partial charge on any atom is -0.484 e. The minimum absolute atomic E-state index is 0.130.